The van der Waals surface area contributed by atoms with Gasteiger partial charge in [-0.15, -0.1) is 0 Å². The zero-order valence-corrected chi connectivity index (χ0v) is 17.6. The summed E-state index contributed by atoms with van der Waals surface area (Å²) in [5.74, 6) is 0. The number of H-pyrrole nitrogens is 2. The molecule has 5 nitrogen and oxygen atoms in total. The number of rotatable bonds is 0. The van der Waals surface area contributed by atoms with Gasteiger partial charge < -0.3 is 15.0 Å². The predicted molar refractivity (Wildman–Crippen MR) is 122 cm³/mol. The Kier molecular flexibility index (Phi) is 6.22. The molecule has 6 rings (SSSR count). The second-order valence-corrected chi connectivity index (χ2v) is 6.85. The minimum Gasteiger partial charge on any atom is -0.391 e. The second-order valence-electron chi connectivity index (χ2n) is 6.85. The fourth-order valence-electron chi connectivity index (χ4n) is 3.22. The molecule has 2 aliphatic heterocycles. The largest absolute Gasteiger partial charge is 0.391 e. The first-order chi connectivity index (χ1) is 14.8. The monoisotopic (exact) mass is 443 g/mol. The first kappa shape index (κ1) is 20.5. The molecule has 4 aromatic heterocycles. The van der Waals surface area contributed by atoms with Gasteiger partial charge in [-0.1, -0.05) is 12.4 Å². The molecular formula is C25H18MnN5-. The first-order valence-electron chi connectivity index (χ1n) is 9.61. The number of nitrogens with one attached hydrogen (secondary N) is 2. The van der Waals surface area contributed by atoms with Gasteiger partial charge in [0.15, 0.2) is 0 Å². The van der Waals surface area contributed by atoms with Crippen molar-refractivity contribution in [1.29, 1.82) is 0 Å². The van der Waals surface area contributed by atoms with Gasteiger partial charge in [-0.2, -0.15) is 18.2 Å². The van der Waals surface area contributed by atoms with E-state index in [0.29, 0.717) is 0 Å². The second kappa shape index (κ2) is 9.39. The molecule has 0 unspecified atom stereocenters. The number of hydrogen-bond donors (Lipinski definition) is 2. The molecule has 0 atom stereocenters. The summed E-state index contributed by atoms with van der Waals surface area (Å²) < 4.78 is 0. The van der Waals surface area contributed by atoms with Crippen molar-refractivity contribution >= 4 is 46.4 Å². The van der Waals surface area contributed by atoms with Gasteiger partial charge in [-0.3, -0.25) is 0 Å². The number of pyridine rings is 1. The van der Waals surface area contributed by atoms with Gasteiger partial charge >= 0.3 is 0 Å². The summed E-state index contributed by atoms with van der Waals surface area (Å²) in [6, 6.07) is 22.8. The van der Waals surface area contributed by atoms with Crippen molar-refractivity contribution in [2.24, 2.45) is 0 Å². The molecule has 2 aliphatic rings. The van der Waals surface area contributed by atoms with E-state index in [0.717, 1.165) is 44.8 Å². The maximum Gasteiger partial charge on any atom is 0.0659 e. The van der Waals surface area contributed by atoms with Crippen molar-refractivity contribution in [3.8, 4) is 0 Å². The minimum atomic E-state index is 0. The van der Waals surface area contributed by atoms with E-state index < -0.39 is 0 Å². The quantitative estimate of drug-likeness (QED) is 0.239. The fourth-order valence-corrected chi connectivity index (χ4v) is 3.22. The topological polar surface area (TPSA) is 70.2 Å². The van der Waals surface area contributed by atoms with Crippen molar-refractivity contribution < 1.29 is 17.1 Å². The fraction of sp³-hybridized carbons (Fsp3) is 0. The van der Waals surface area contributed by atoms with Crippen LogP contribution >= 0.6 is 0 Å². The molecule has 0 saturated carbocycles. The Morgan fingerprint density at radius 3 is 1.35 bits per heavy atom. The van der Waals surface area contributed by atoms with Crippen LogP contribution in [-0.4, -0.2) is 24.9 Å². The average molecular weight is 443 g/mol. The van der Waals surface area contributed by atoms with E-state index in [1.165, 1.54) is 0 Å². The molecule has 151 valence electrons. The van der Waals surface area contributed by atoms with Crippen LogP contribution in [0.3, 0.4) is 0 Å². The Morgan fingerprint density at radius 2 is 0.968 bits per heavy atom. The van der Waals surface area contributed by atoms with Crippen LogP contribution in [0.2, 0.25) is 0 Å². The number of aromatic amines is 2. The third kappa shape index (κ3) is 5.25. The zero-order chi connectivity index (χ0) is 20.2. The van der Waals surface area contributed by atoms with Gasteiger partial charge in [0, 0.05) is 39.1 Å². The molecule has 8 bridgehead atoms. The molecule has 2 N–H and O–H groups in total. The third-order valence-corrected chi connectivity index (χ3v) is 4.56. The molecule has 1 radical (unpaired) electrons. The predicted octanol–water partition coefficient (Wildman–Crippen LogP) is 5.53. The van der Waals surface area contributed by atoms with Crippen LogP contribution in [0.1, 0.15) is 22.8 Å². The Labute approximate surface area is 190 Å². The van der Waals surface area contributed by atoms with Crippen LogP contribution in [0.5, 0.6) is 0 Å². The van der Waals surface area contributed by atoms with Crippen molar-refractivity contribution in [1.82, 2.24) is 24.9 Å². The van der Waals surface area contributed by atoms with E-state index in [1.54, 1.807) is 24.5 Å². The average Bonchev–Trinajstić information content (AvgIpc) is 3.56. The maximum absolute atomic E-state index is 4.62. The molecule has 31 heavy (non-hydrogen) atoms. The van der Waals surface area contributed by atoms with Gasteiger partial charge in [-0.25, -0.2) is 9.97 Å². The van der Waals surface area contributed by atoms with Crippen LogP contribution in [-0.2, 0) is 17.1 Å². The standard InChI is InChI=1S/C20H14N4.C5H4N.Mn/c1-2-14-10-16-5-6-18(23-16)12-20-8-7-19(24-20)11-17-4-3-15(22-17)9-13(1)21-14;1-2-4-6-5-3-1;/h1-12,21-22H;2-5H;/q;-1;. The molecule has 4 aromatic rings. The smallest absolute Gasteiger partial charge is 0.0659 e. The van der Waals surface area contributed by atoms with E-state index in [-0.39, 0.29) is 17.1 Å². The van der Waals surface area contributed by atoms with Crippen LogP contribution in [0.15, 0.2) is 73.1 Å². The molecule has 0 amide bonds. The molecule has 0 saturated heterocycles. The summed E-state index contributed by atoms with van der Waals surface area (Å²) in [4.78, 5) is 19.8. The number of nitrogens with zero attached hydrogens (tertiary/aromatic N) is 3. The van der Waals surface area contributed by atoms with Gasteiger partial charge in [-0.05, 0) is 72.8 Å². The van der Waals surface area contributed by atoms with E-state index in [2.05, 4.69) is 61.3 Å². The van der Waals surface area contributed by atoms with E-state index in [9.17, 15) is 0 Å². The zero-order valence-electron chi connectivity index (χ0n) is 16.5. The Hall–Kier alpha value is -3.73. The van der Waals surface area contributed by atoms with Crippen LogP contribution in [0.25, 0.3) is 46.4 Å². The van der Waals surface area contributed by atoms with Gasteiger partial charge in [0.05, 0.1) is 22.8 Å². The molecular weight excluding hydrogens is 425 g/mol. The summed E-state index contributed by atoms with van der Waals surface area (Å²) in [7, 11) is 0. The molecule has 0 fully saturated rings. The normalized spacial score (nSPS) is 11.4. The minimum absolute atomic E-state index is 0. The number of aromatic nitrogens is 5. The van der Waals surface area contributed by atoms with Crippen LogP contribution < -0.4 is 0 Å². The third-order valence-electron chi connectivity index (χ3n) is 4.56. The van der Waals surface area contributed by atoms with Gasteiger partial charge in [0.1, 0.15) is 0 Å². The van der Waals surface area contributed by atoms with E-state index in [4.69, 9.17) is 0 Å². The van der Waals surface area contributed by atoms with Crippen molar-refractivity contribution in [2.45, 2.75) is 0 Å². The first-order valence-corrected chi connectivity index (χ1v) is 9.61. The summed E-state index contributed by atoms with van der Waals surface area (Å²) >= 11 is 0. The molecule has 0 aliphatic carbocycles. The summed E-state index contributed by atoms with van der Waals surface area (Å²) in [5, 5.41) is 0. The Bertz CT molecular complexity index is 1280. The van der Waals surface area contributed by atoms with Gasteiger partial charge in [0.2, 0.25) is 0 Å². The number of hydrogen-bond acceptors (Lipinski definition) is 3. The van der Waals surface area contributed by atoms with Crippen molar-refractivity contribution in [3.05, 3.63) is 102 Å². The van der Waals surface area contributed by atoms with E-state index >= 15 is 0 Å². The number of fused-ring (bicyclic) bond motifs is 8. The molecule has 6 heteroatoms. The van der Waals surface area contributed by atoms with Crippen LogP contribution in [0.4, 0.5) is 0 Å². The summed E-state index contributed by atoms with van der Waals surface area (Å²) in [6.45, 7) is 0. The maximum atomic E-state index is 4.62. The van der Waals surface area contributed by atoms with E-state index in [1.807, 2.05) is 42.5 Å². The summed E-state index contributed by atoms with van der Waals surface area (Å²) in [5.41, 5.74) is 7.86. The Morgan fingerprint density at radius 1 is 0.548 bits per heavy atom. The van der Waals surface area contributed by atoms with Crippen LogP contribution in [0, 0.1) is 6.07 Å². The summed E-state index contributed by atoms with van der Waals surface area (Å²) in [6.07, 6.45) is 11.4. The van der Waals surface area contributed by atoms with Gasteiger partial charge in [0.25, 0.3) is 0 Å². The van der Waals surface area contributed by atoms with Crippen molar-refractivity contribution in [2.75, 3.05) is 0 Å². The van der Waals surface area contributed by atoms with Crippen molar-refractivity contribution in [3.63, 3.8) is 0 Å². The Balaban J connectivity index is 0.000000288. The molecule has 0 spiro atoms. The molecule has 0 aromatic carbocycles. The molecule has 6 heterocycles. The SMILES string of the molecule is C1=Cc2cc3ccc(cc4ccc(cc5nc(cc1n2)C=C5)[nH]4)[nH]3.[Mn].[c-]1ccncc1.